The van der Waals surface area contributed by atoms with Gasteiger partial charge in [0.1, 0.15) is 0 Å². The summed E-state index contributed by atoms with van der Waals surface area (Å²) in [6.07, 6.45) is 0.104. The summed E-state index contributed by atoms with van der Waals surface area (Å²) >= 11 is 5.97. The quantitative estimate of drug-likeness (QED) is 0.855. The Kier molecular flexibility index (Phi) is 4.41. The van der Waals surface area contributed by atoms with Crippen molar-refractivity contribution in [3.05, 3.63) is 28.8 Å². The highest BCUT2D eigenvalue weighted by Crippen LogP contribution is 2.22. The molecule has 0 heterocycles. The number of halogens is 1. The van der Waals surface area contributed by atoms with Crippen LogP contribution in [0.15, 0.2) is 18.2 Å². The van der Waals surface area contributed by atoms with Gasteiger partial charge < -0.3 is 10.1 Å². The highest BCUT2D eigenvalue weighted by atomic mass is 35.5. The summed E-state index contributed by atoms with van der Waals surface area (Å²) in [6, 6.07) is 7.19. The van der Waals surface area contributed by atoms with Crippen LogP contribution in [0.4, 0.5) is 5.69 Å². The van der Waals surface area contributed by atoms with Crippen LogP contribution >= 0.6 is 11.6 Å². The Bertz CT molecular complexity index is 373. The molecule has 15 heavy (non-hydrogen) atoms. The van der Waals surface area contributed by atoms with Crippen molar-refractivity contribution < 1.29 is 4.74 Å². The van der Waals surface area contributed by atoms with Crippen LogP contribution in [0.25, 0.3) is 0 Å². The van der Waals surface area contributed by atoms with Crippen molar-refractivity contribution in [2.24, 2.45) is 0 Å². The first-order chi connectivity index (χ1) is 7.17. The van der Waals surface area contributed by atoms with E-state index in [1.54, 1.807) is 25.3 Å². The van der Waals surface area contributed by atoms with Crippen LogP contribution in [0.2, 0.25) is 5.02 Å². The molecule has 1 aromatic rings. The van der Waals surface area contributed by atoms with Gasteiger partial charge in [-0.3, -0.25) is 0 Å². The molecule has 0 saturated heterocycles. The van der Waals surface area contributed by atoms with Crippen LogP contribution < -0.4 is 5.32 Å². The Labute approximate surface area is 94.6 Å². The fourth-order valence-corrected chi connectivity index (χ4v) is 1.25. The number of hydrogen-bond donors (Lipinski definition) is 1. The number of methoxy groups -OCH3 is 1. The molecule has 0 aliphatic heterocycles. The smallest absolute Gasteiger partial charge is 0.0992 e. The van der Waals surface area contributed by atoms with Gasteiger partial charge in [0.05, 0.1) is 28.4 Å². The van der Waals surface area contributed by atoms with Crippen molar-refractivity contribution in [3.8, 4) is 6.07 Å². The minimum absolute atomic E-state index is 0.104. The average Bonchev–Trinajstić information content (AvgIpc) is 2.27. The van der Waals surface area contributed by atoms with Crippen molar-refractivity contribution in [1.82, 2.24) is 0 Å². The fourth-order valence-electron chi connectivity index (χ4n) is 1.07. The summed E-state index contributed by atoms with van der Waals surface area (Å²) in [6.45, 7) is 2.61. The average molecular weight is 225 g/mol. The zero-order valence-electron chi connectivity index (χ0n) is 8.75. The summed E-state index contributed by atoms with van der Waals surface area (Å²) in [5.74, 6) is 0. The predicted octanol–water partition coefficient (Wildman–Crippen LogP) is 2.66. The number of nitrogens with zero attached hydrogens (tertiary/aromatic N) is 1. The molecular weight excluding hydrogens is 212 g/mol. The lowest BCUT2D eigenvalue weighted by Crippen LogP contribution is -2.18. The first kappa shape index (κ1) is 11.8. The SMILES string of the molecule is COC(C)CNc1cc(C#N)ccc1Cl. The van der Waals surface area contributed by atoms with Crippen LogP contribution in [0.1, 0.15) is 12.5 Å². The summed E-state index contributed by atoms with van der Waals surface area (Å²) in [5.41, 5.74) is 1.35. The maximum atomic E-state index is 8.73. The van der Waals surface area contributed by atoms with Crippen LogP contribution in [-0.4, -0.2) is 19.8 Å². The van der Waals surface area contributed by atoms with Gasteiger partial charge in [-0.05, 0) is 25.1 Å². The Morgan fingerprint density at radius 2 is 2.33 bits per heavy atom. The third-order valence-corrected chi connectivity index (χ3v) is 2.41. The number of anilines is 1. The lowest BCUT2D eigenvalue weighted by molar-refractivity contribution is 0.129. The minimum Gasteiger partial charge on any atom is -0.381 e. The summed E-state index contributed by atoms with van der Waals surface area (Å²) in [7, 11) is 1.65. The molecule has 4 heteroatoms. The monoisotopic (exact) mass is 224 g/mol. The van der Waals surface area contributed by atoms with Gasteiger partial charge in [0.15, 0.2) is 0 Å². The Balaban J connectivity index is 2.72. The molecule has 1 atom stereocenters. The molecule has 0 bridgehead atoms. The number of benzene rings is 1. The maximum Gasteiger partial charge on any atom is 0.0992 e. The van der Waals surface area contributed by atoms with E-state index < -0.39 is 0 Å². The third-order valence-electron chi connectivity index (χ3n) is 2.08. The molecule has 0 amide bonds. The molecule has 0 aliphatic rings. The van der Waals surface area contributed by atoms with Gasteiger partial charge in [-0.25, -0.2) is 0 Å². The van der Waals surface area contributed by atoms with E-state index in [2.05, 4.69) is 11.4 Å². The summed E-state index contributed by atoms with van der Waals surface area (Å²) in [4.78, 5) is 0. The number of ether oxygens (including phenoxy) is 1. The molecule has 0 spiro atoms. The highest BCUT2D eigenvalue weighted by Gasteiger charge is 2.03. The number of rotatable bonds is 4. The predicted molar refractivity (Wildman–Crippen MR) is 61.1 cm³/mol. The van der Waals surface area contributed by atoms with Gasteiger partial charge in [-0.2, -0.15) is 5.26 Å². The number of nitriles is 1. The first-order valence-corrected chi connectivity index (χ1v) is 5.01. The van der Waals surface area contributed by atoms with E-state index in [1.807, 2.05) is 6.92 Å². The summed E-state index contributed by atoms with van der Waals surface area (Å²) in [5, 5.41) is 12.5. The molecule has 0 aromatic heterocycles. The summed E-state index contributed by atoms with van der Waals surface area (Å²) < 4.78 is 5.10. The molecule has 0 radical (unpaired) electrons. The normalized spacial score (nSPS) is 11.9. The van der Waals surface area contributed by atoms with Crippen molar-refractivity contribution in [2.45, 2.75) is 13.0 Å². The minimum atomic E-state index is 0.104. The molecule has 1 rings (SSSR count). The first-order valence-electron chi connectivity index (χ1n) is 4.63. The second-order valence-corrected chi connectivity index (χ2v) is 3.64. The third kappa shape index (κ3) is 3.43. The lowest BCUT2D eigenvalue weighted by Gasteiger charge is -2.13. The van der Waals surface area contributed by atoms with Gasteiger partial charge in [-0.15, -0.1) is 0 Å². The van der Waals surface area contributed by atoms with Crippen LogP contribution in [-0.2, 0) is 4.74 Å². The second-order valence-electron chi connectivity index (χ2n) is 3.23. The van der Waals surface area contributed by atoms with Crippen molar-refractivity contribution in [2.75, 3.05) is 19.0 Å². The van der Waals surface area contributed by atoms with Crippen LogP contribution in [0, 0.1) is 11.3 Å². The van der Waals surface area contributed by atoms with Gasteiger partial charge in [0.2, 0.25) is 0 Å². The standard InChI is InChI=1S/C11H13ClN2O/c1-8(15-2)7-14-11-5-9(6-13)3-4-10(11)12/h3-5,8,14H,7H2,1-2H3. The van der Waals surface area contributed by atoms with Crippen LogP contribution in [0.3, 0.4) is 0 Å². The largest absolute Gasteiger partial charge is 0.381 e. The van der Waals surface area contributed by atoms with Gasteiger partial charge in [0.25, 0.3) is 0 Å². The van der Waals surface area contributed by atoms with E-state index in [0.717, 1.165) is 5.69 Å². The van der Waals surface area contributed by atoms with E-state index >= 15 is 0 Å². The van der Waals surface area contributed by atoms with Crippen molar-refractivity contribution >= 4 is 17.3 Å². The second kappa shape index (κ2) is 5.59. The van der Waals surface area contributed by atoms with Crippen molar-refractivity contribution in [1.29, 1.82) is 5.26 Å². The fraction of sp³-hybridized carbons (Fsp3) is 0.364. The van der Waals surface area contributed by atoms with E-state index in [9.17, 15) is 0 Å². The zero-order valence-corrected chi connectivity index (χ0v) is 9.51. The van der Waals surface area contributed by atoms with Crippen molar-refractivity contribution in [3.63, 3.8) is 0 Å². The van der Waals surface area contributed by atoms with E-state index in [4.69, 9.17) is 21.6 Å². The maximum absolute atomic E-state index is 8.73. The van der Waals surface area contributed by atoms with E-state index in [-0.39, 0.29) is 6.10 Å². The van der Waals surface area contributed by atoms with Crippen LogP contribution in [0.5, 0.6) is 0 Å². The van der Waals surface area contributed by atoms with E-state index in [0.29, 0.717) is 17.1 Å². The number of nitrogens with one attached hydrogen (secondary N) is 1. The molecule has 0 fully saturated rings. The molecule has 0 saturated carbocycles. The molecule has 1 aromatic carbocycles. The van der Waals surface area contributed by atoms with E-state index in [1.165, 1.54) is 0 Å². The topological polar surface area (TPSA) is 45.0 Å². The van der Waals surface area contributed by atoms with Gasteiger partial charge in [0, 0.05) is 13.7 Å². The Morgan fingerprint density at radius 3 is 2.93 bits per heavy atom. The molecule has 80 valence electrons. The molecule has 1 N–H and O–H groups in total. The molecule has 3 nitrogen and oxygen atoms in total. The zero-order chi connectivity index (χ0) is 11.3. The molecule has 1 unspecified atom stereocenters. The molecular formula is C11H13ClN2O. The number of hydrogen-bond acceptors (Lipinski definition) is 3. The Morgan fingerprint density at radius 1 is 1.60 bits per heavy atom. The van der Waals surface area contributed by atoms with Gasteiger partial charge in [-0.1, -0.05) is 11.6 Å². The Hall–Kier alpha value is -1.24. The van der Waals surface area contributed by atoms with Gasteiger partial charge >= 0.3 is 0 Å². The highest BCUT2D eigenvalue weighted by molar-refractivity contribution is 6.33. The lowest BCUT2D eigenvalue weighted by atomic mass is 10.2. The molecule has 0 aliphatic carbocycles.